The number of nitrogens with one attached hydrogen (secondary N) is 1. The third-order valence-corrected chi connectivity index (χ3v) is 2.90. The van der Waals surface area contributed by atoms with Gasteiger partial charge in [-0.2, -0.15) is 0 Å². The van der Waals surface area contributed by atoms with E-state index in [1.807, 2.05) is 0 Å². The van der Waals surface area contributed by atoms with Gasteiger partial charge in [0.2, 0.25) is 5.91 Å². The van der Waals surface area contributed by atoms with Crippen LogP contribution in [0.4, 0.5) is 4.39 Å². The number of nitrogens with two attached hydrogens (primary N) is 1. The van der Waals surface area contributed by atoms with Gasteiger partial charge in [0, 0.05) is 23.7 Å². The predicted octanol–water partition coefficient (Wildman–Crippen LogP) is 2.20. The second kappa shape index (κ2) is 6.35. The van der Waals surface area contributed by atoms with Gasteiger partial charge in [-0.05, 0) is 31.0 Å². The highest BCUT2D eigenvalue weighted by molar-refractivity contribution is 5.92. The van der Waals surface area contributed by atoms with Crippen LogP contribution in [0.25, 0.3) is 0 Å². The van der Waals surface area contributed by atoms with Crippen molar-refractivity contribution in [3.63, 3.8) is 0 Å². The fourth-order valence-electron chi connectivity index (χ4n) is 1.70. The zero-order chi connectivity index (χ0) is 12.8. The molecule has 0 atom stereocenters. The van der Waals surface area contributed by atoms with Crippen LogP contribution < -0.4 is 11.1 Å². The zero-order valence-corrected chi connectivity index (χ0v) is 10.3. The maximum absolute atomic E-state index is 13.5. The van der Waals surface area contributed by atoms with Crippen LogP contribution in [-0.4, -0.2) is 11.9 Å². The Morgan fingerprint density at radius 3 is 2.59 bits per heavy atom. The van der Waals surface area contributed by atoms with Gasteiger partial charge in [-0.25, -0.2) is 4.39 Å². The summed E-state index contributed by atoms with van der Waals surface area (Å²) in [6.45, 7) is 4.58. The molecule has 1 aromatic carbocycles. The van der Waals surface area contributed by atoms with Gasteiger partial charge < -0.3 is 11.1 Å². The molecule has 0 bridgehead atoms. The second-order valence-corrected chi connectivity index (χ2v) is 4.06. The van der Waals surface area contributed by atoms with Crippen molar-refractivity contribution in [3.8, 4) is 0 Å². The summed E-state index contributed by atoms with van der Waals surface area (Å²) in [5.41, 5.74) is 5.98. The molecule has 94 valence electrons. The third-order valence-electron chi connectivity index (χ3n) is 2.90. The SMILES string of the molecule is CCC(CC)NCc1cc(C(N)=O)ccc1F. The fourth-order valence-corrected chi connectivity index (χ4v) is 1.70. The quantitative estimate of drug-likeness (QED) is 0.798. The molecule has 0 aliphatic carbocycles. The molecule has 0 radical (unpaired) electrons. The number of rotatable bonds is 6. The van der Waals surface area contributed by atoms with Crippen molar-refractivity contribution in [1.82, 2.24) is 5.32 Å². The Hall–Kier alpha value is -1.42. The van der Waals surface area contributed by atoms with Crippen LogP contribution in [0.1, 0.15) is 42.6 Å². The minimum atomic E-state index is -0.534. The minimum absolute atomic E-state index is 0.312. The molecular weight excluding hydrogens is 219 g/mol. The van der Waals surface area contributed by atoms with Gasteiger partial charge >= 0.3 is 0 Å². The largest absolute Gasteiger partial charge is 0.366 e. The number of amides is 1. The van der Waals surface area contributed by atoms with E-state index in [2.05, 4.69) is 19.2 Å². The number of halogens is 1. The number of hydrogen-bond donors (Lipinski definition) is 2. The van der Waals surface area contributed by atoms with Crippen molar-refractivity contribution in [3.05, 3.63) is 35.1 Å². The molecule has 1 aromatic rings. The molecule has 17 heavy (non-hydrogen) atoms. The van der Waals surface area contributed by atoms with Crippen molar-refractivity contribution in [2.24, 2.45) is 5.73 Å². The smallest absolute Gasteiger partial charge is 0.248 e. The molecule has 0 saturated carbocycles. The summed E-state index contributed by atoms with van der Waals surface area (Å²) in [4.78, 5) is 11.0. The van der Waals surface area contributed by atoms with Gasteiger partial charge in [-0.15, -0.1) is 0 Å². The van der Waals surface area contributed by atoms with E-state index in [1.165, 1.54) is 18.2 Å². The molecule has 0 unspecified atom stereocenters. The summed E-state index contributed by atoms with van der Waals surface area (Å²) >= 11 is 0. The average Bonchev–Trinajstić information content (AvgIpc) is 2.32. The van der Waals surface area contributed by atoms with Gasteiger partial charge in [-0.3, -0.25) is 4.79 Å². The summed E-state index contributed by atoms with van der Waals surface area (Å²) in [5.74, 6) is -0.845. The lowest BCUT2D eigenvalue weighted by Gasteiger charge is -2.15. The van der Waals surface area contributed by atoms with E-state index in [4.69, 9.17) is 5.73 Å². The van der Waals surface area contributed by atoms with Crippen molar-refractivity contribution >= 4 is 5.91 Å². The monoisotopic (exact) mass is 238 g/mol. The molecule has 1 rings (SSSR count). The molecule has 4 heteroatoms. The lowest BCUT2D eigenvalue weighted by Crippen LogP contribution is -2.27. The summed E-state index contributed by atoms with van der Waals surface area (Å²) in [6.07, 6.45) is 1.99. The molecule has 0 aromatic heterocycles. The Bertz CT molecular complexity index is 389. The Morgan fingerprint density at radius 1 is 1.41 bits per heavy atom. The topological polar surface area (TPSA) is 55.1 Å². The summed E-state index contributed by atoms with van der Waals surface area (Å²) < 4.78 is 13.5. The van der Waals surface area contributed by atoms with Crippen LogP contribution in [0, 0.1) is 5.82 Å². The van der Waals surface area contributed by atoms with E-state index in [0.717, 1.165) is 12.8 Å². The van der Waals surface area contributed by atoms with Crippen LogP contribution >= 0.6 is 0 Å². The van der Waals surface area contributed by atoms with Gasteiger partial charge in [0.1, 0.15) is 5.82 Å². The number of carbonyl (C=O) groups excluding carboxylic acids is 1. The van der Waals surface area contributed by atoms with Crippen molar-refractivity contribution in [2.45, 2.75) is 39.3 Å². The third kappa shape index (κ3) is 3.82. The van der Waals surface area contributed by atoms with Crippen LogP contribution in [0.3, 0.4) is 0 Å². The number of primary amides is 1. The van der Waals surface area contributed by atoms with Crippen LogP contribution in [0.5, 0.6) is 0 Å². The Morgan fingerprint density at radius 2 is 2.06 bits per heavy atom. The van der Waals surface area contributed by atoms with E-state index in [9.17, 15) is 9.18 Å². The predicted molar refractivity (Wildman–Crippen MR) is 66.1 cm³/mol. The number of carbonyl (C=O) groups is 1. The van der Waals surface area contributed by atoms with Crippen LogP contribution in [0.15, 0.2) is 18.2 Å². The van der Waals surface area contributed by atoms with Crippen molar-refractivity contribution in [1.29, 1.82) is 0 Å². The van der Waals surface area contributed by atoms with E-state index in [1.54, 1.807) is 0 Å². The summed E-state index contributed by atoms with van der Waals surface area (Å²) in [7, 11) is 0. The first-order valence-electron chi connectivity index (χ1n) is 5.90. The molecule has 0 aliphatic heterocycles. The lowest BCUT2D eigenvalue weighted by molar-refractivity contribution is 0.1000. The summed E-state index contributed by atoms with van der Waals surface area (Å²) in [6, 6.07) is 4.56. The molecule has 0 fully saturated rings. The lowest BCUT2D eigenvalue weighted by atomic mass is 10.1. The van der Waals surface area contributed by atoms with E-state index in [0.29, 0.717) is 23.7 Å². The maximum atomic E-state index is 13.5. The maximum Gasteiger partial charge on any atom is 0.248 e. The Kier molecular flexibility index (Phi) is 5.10. The zero-order valence-electron chi connectivity index (χ0n) is 10.3. The van der Waals surface area contributed by atoms with E-state index in [-0.39, 0.29) is 5.82 Å². The van der Waals surface area contributed by atoms with Gasteiger partial charge in [0.15, 0.2) is 0 Å². The molecule has 0 saturated heterocycles. The highest BCUT2D eigenvalue weighted by Crippen LogP contribution is 2.11. The highest BCUT2D eigenvalue weighted by atomic mass is 19.1. The summed E-state index contributed by atoms with van der Waals surface area (Å²) in [5, 5.41) is 3.25. The van der Waals surface area contributed by atoms with Gasteiger partial charge in [0.05, 0.1) is 0 Å². The molecule has 0 spiro atoms. The minimum Gasteiger partial charge on any atom is -0.366 e. The Balaban J connectivity index is 2.75. The molecule has 0 heterocycles. The highest BCUT2D eigenvalue weighted by Gasteiger charge is 2.08. The van der Waals surface area contributed by atoms with E-state index < -0.39 is 5.91 Å². The molecule has 3 nitrogen and oxygen atoms in total. The van der Waals surface area contributed by atoms with Gasteiger partial charge in [-0.1, -0.05) is 13.8 Å². The van der Waals surface area contributed by atoms with Crippen molar-refractivity contribution in [2.75, 3.05) is 0 Å². The normalized spacial score (nSPS) is 10.8. The second-order valence-electron chi connectivity index (χ2n) is 4.06. The van der Waals surface area contributed by atoms with Crippen LogP contribution in [0.2, 0.25) is 0 Å². The molecule has 3 N–H and O–H groups in total. The van der Waals surface area contributed by atoms with Gasteiger partial charge in [0.25, 0.3) is 0 Å². The molecule has 0 aliphatic rings. The first-order valence-corrected chi connectivity index (χ1v) is 5.90. The first kappa shape index (κ1) is 13.6. The standard InChI is InChI=1S/C13H19FN2O/c1-3-11(4-2)16-8-10-7-9(13(15)17)5-6-12(10)14/h5-7,11,16H,3-4,8H2,1-2H3,(H2,15,17). The first-order chi connectivity index (χ1) is 8.08. The van der Waals surface area contributed by atoms with E-state index >= 15 is 0 Å². The van der Waals surface area contributed by atoms with Crippen molar-refractivity contribution < 1.29 is 9.18 Å². The molecular formula is C13H19FN2O. The Labute approximate surface area is 101 Å². The number of hydrogen-bond acceptors (Lipinski definition) is 2. The average molecular weight is 238 g/mol. The molecule has 1 amide bonds. The number of benzene rings is 1. The fraction of sp³-hybridized carbons (Fsp3) is 0.462. The van der Waals surface area contributed by atoms with Crippen LogP contribution in [-0.2, 0) is 6.54 Å².